The Kier molecular flexibility index (Phi) is 3.41. The summed E-state index contributed by atoms with van der Waals surface area (Å²) < 4.78 is 2.36. The molecule has 1 aliphatic carbocycles. The lowest BCUT2D eigenvalue weighted by Gasteiger charge is -2.17. The van der Waals surface area contributed by atoms with Gasteiger partial charge in [0.2, 0.25) is 0 Å². The Bertz CT molecular complexity index is 317. The zero-order valence-electron chi connectivity index (χ0n) is 9.79. The molecule has 0 amide bonds. The van der Waals surface area contributed by atoms with E-state index in [0.29, 0.717) is 5.92 Å². The molecule has 1 atom stereocenters. The van der Waals surface area contributed by atoms with E-state index in [2.05, 4.69) is 21.8 Å². The average Bonchev–Trinajstić information content (AvgIpc) is 2.62. The minimum Gasteiger partial charge on any atom is -0.334 e. The smallest absolute Gasteiger partial charge is 0.0951 e. The van der Waals surface area contributed by atoms with E-state index in [-0.39, 0.29) is 0 Å². The molecule has 0 fully saturated rings. The maximum Gasteiger partial charge on any atom is 0.0951 e. The first-order valence-corrected chi connectivity index (χ1v) is 5.98. The van der Waals surface area contributed by atoms with Crippen molar-refractivity contribution in [2.24, 2.45) is 5.92 Å². The van der Waals surface area contributed by atoms with Gasteiger partial charge in [-0.05, 0) is 45.2 Å². The van der Waals surface area contributed by atoms with Gasteiger partial charge < -0.3 is 9.88 Å². The Balaban J connectivity index is 2.05. The van der Waals surface area contributed by atoms with Gasteiger partial charge >= 0.3 is 0 Å². The van der Waals surface area contributed by atoms with Crippen LogP contribution in [0.1, 0.15) is 31.2 Å². The fraction of sp³-hybridized carbons (Fsp3) is 0.750. The zero-order chi connectivity index (χ0) is 10.7. The number of fused-ring (bicyclic) bond motifs is 1. The van der Waals surface area contributed by atoms with Gasteiger partial charge in [0.05, 0.1) is 12.0 Å². The van der Waals surface area contributed by atoms with Crippen LogP contribution in [0, 0.1) is 5.92 Å². The third-order valence-corrected chi connectivity index (χ3v) is 3.17. The highest BCUT2D eigenvalue weighted by Crippen LogP contribution is 2.20. The van der Waals surface area contributed by atoms with Gasteiger partial charge in [-0.25, -0.2) is 4.98 Å². The molecule has 0 bridgehead atoms. The number of aryl methyl sites for hydroxylation is 1. The molecule has 0 saturated carbocycles. The molecule has 3 nitrogen and oxygen atoms in total. The van der Waals surface area contributed by atoms with Crippen molar-refractivity contribution in [1.82, 2.24) is 14.9 Å². The number of hydrogen-bond donors (Lipinski definition) is 1. The van der Waals surface area contributed by atoms with Gasteiger partial charge in [0.25, 0.3) is 0 Å². The predicted octanol–water partition coefficient (Wildman–Crippen LogP) is 1.62. The van der Waals surface area contributed by atoms with Crippen LogP contribution >= 0.6 is 0 Å². The van der Waals surface area contributed by atoms with Crippen molar-refractivity contribution in [3.63, 3.8) is 0 Å². The molecule has 0 saturated heterocycles. The van der Waals surface area contributed by atoms with Crippen molar-refractivity contribution in [3.05, 3.63) is 17.7 Å². The second-order valence-electron chi connectivity index (χ2n) is 4.66. The van der Waals surface area contributed by atoms with E-state index in [1.54, 1.807) is 0 Å². The molecule has 0 aliphatic heterocycles. The van der Waals surface area contributed by atoms with Crippen LogP contribution in [0.5, 0.6) is 0 Å². The van der Waals surface area contributed by atoms with Crippen LogP contribution in [-0.4, -0.2) is 23.1 Å². The molecule has 0 spiro atoms. The van der Waals surface area contributed by atoms with Crippen LogP contribution in [0.15, 0.2) is 6.33 Å². The fourth-order valence-electron chi connectivity index (χ4n) is 2.44. The Morgan fingerprint density at radius 1 is 1.47 bits per heavy atom. The Labute approximate surface area is 91.9 Å². The van der Waals surface area contributed by atoms with E-state index in [1.807, 2.05) is 13.4 Å². The number of nitrogens with zero attached hydrogens (tertiary/aromatic N) is 2. The molecule has 15 heavy (non-hydrogen) atoms. The van der Waals surface area contributed by atoms with E-state index in [4.69, 9.17) is 0 Å². The molecule has 84 valence electrons. The van der Waals surface area contributed by atoms with Crippen LogP contribution in [0.3, 0.4) is 0 Å². The van der Waals surface area contributed by atoms with E-state index in [1.165, 1.54) is 37.1 Å². The Hall–Kier alpha value is -0.830. The summed E-state index contributed by atoms with van der Waals surface area (Å²) in [7, 11) is 2.01. The summed E-state index contributed by atoms with van der Waals surface area (Å²) >= 11 is 0. The Morgan fingerprint density at radius 2 is 2.27 bits per heavy atom. The fourth-order valence-corrected chi connectivity index (χ4v) is 2.44. The first-order chi connectivity index (χ1) is 7.31. The van der Waals surface area contributed by atoms with Gasteiger partial charge in [0, 0.05) is 12.2 Å². The molecule has 1 aliphatic rings. The van der Waals surface area contributed by atoms with Crippen molar-refractivity contribution >= 4 is 0 Å². The lowest BCUT2D eigenvalue weighted by Crippen LogP contribution is -2.21. The van der Waals surface area contributed by atoms with Crippen molar-refractivity contribution in [1.29, 1.82) is 0 Å². The predicted molar refractivity (Wildman–Crippen MR) is 62.0 cm³/mol. The van der Waals surface area contributed by atoms with E-state index < -0.39 is 0 Å². The van der Waals surface area contributed by atoms with E-state index >= 15 is 0 Å². The number of rotatable bonds is 4. The van der Waals surface area contributed by atoms with Crippen molar-refractivity contribution in [2.75, 3.05) is 13.6 Å². The summed E-state index contributed by atoms with van der Waals surface area (Å²) in [6, 6.07) is 0. The van der Waals surface area contributed by atoms with Crippen LogP contribution in [0.25, 0.3) is 0 Å². The quantitative estimate of drug-likeness (QED) is 0.813. The van der Waals surface area contributed by atoms with Crippen molar-refractivity contribution < 1.29 is 0 Å². The summed E-state index contributed by atoms with van der Waals surface area (Å²) in [6.07, 6.45) is 7.09. The number of aromatic nitrogens is 2. The normalized spacial score (nSPS) is 17.5. The highest BCUT2D eigenvalue weighted by Gasteiger charge is 2.15. The van der Waals surface area contributed by atoms with E-state index in [0.717, 1.165) is 13.1 Å². The first-order valence-electron chi connectivity index (χ1n) is 5.98. The topological polar surface area (TPSA) is 29.9 Å². The van der Waals surface area contributed by atoms with Crippen LogP contribution in [0.4, 0.5) is 0 Å². The number of imidazole rings is 1. The first kappa shape index (κ1) is 10.7. The lowest BCUT2D eigenvalue weighted by molar-refractivity contribution is 0.449. The van der Waals surface area contributed by atoms with Gasteiger partial charge in [-0.3, -0.25) is 0 Å². The molecule has 1 aromatic rings. The van der Waals surface area contributed by atoms with Crippen LogP contribution in [0.2, 0.25) is 0 Å². The summed E-state index contributed by atoms with van der Waals surface area (Å²) in [6.45, 7) is 4.46. The molecular weight excluding hydrogens is 186 g/mol. The summed E-state index contributed by atoms with van der Waals surface area (Å²) in [5, 5.41) is 3.23. The van der Waals surface area contributed by atoms with Gasteiger partial charge in [0.1, 0.15) is 0 Å². The lowest BCUT2D eigenvalue weighted by atomic mass is 10.0. The van der Waals surface area contributed by atoms with Gasteiger partial charge in [-0.1, -0.05) is 6.92 Å². The summed E-state index contributed by atoms with van der Waals surface area (Å²) in [4.78, 5) is 4.51. The molecule has 0 aromatic carbocycles. The Morgan fingerprint density at radius 3 is 3.07 bits per heavy atom. The maximum absolute atomic E-state index is 4.51. The van der Waals surface area contributed by atoms with Crippen molar-refractivity contribution in [2.45, 2.75) is 39.2 Å². The van der Waals surface area contributed by atoms with Gasteiger partial charge in [-0.15, -0.1) is 0 Å². The molecule has 1 aromatic heterocycles. The second kappa shape index (κ2) is 4.79. The van der Waals surface area contributed by atoms with Crippen LogP contribution < -0.4 is 5.32 Å². The van der Waals surface area contributed by atoms with Gasteiger partial charge in [0.15, 0.2) is 0 Å². The molecule has 1 unspecified atom stereocenters. The maximum atomic E-state index is 4.51. The standard InChI is InChI=1S/C12H21N3/c1-10(7-13-2)8-15-9-14-11-5-3-4-6-12(11)15/h9-10,13H,3-8H2,1-2H3. The number of nitrogens with one attached hydrogen (secondary N) is 1. The molecular formula is C12H21N3. The average molecular weight is 207 g/mol. The summed E-state index contributed by atoms with van der Waals surface area (Å²) in [5.41, 5.74) is 2.84. The highest BCUT2D eigenvalue weighted by molar-refractivity contribution is 5.16. The molecule has 1 N–H and O–H groups in total. The molecule has 3 heteroatoms. The summed E-state index contributed by atoms with van der Waals surface area (Å²) in [5.74, 6) is 0.676. The monoisotopic (exact) mass is 207 g/mol. The highest BCUT2D eigenvalue weighted by atomic mass is 15.1. The molecule has 0 radical (unpaired) electrons. The molecule has 1 heterocycles. The van der Waals surface area contributed by atoms with Crippen LogP contribution in [-0.2, 0) is 19.4 Å². The second-order valence-corrected chi connectivity index (χ2v) is 4.66. The number of hydrogen-bond acceptors (Lipinski definition) is 2. The largest absolute Gasteiger partial charge is 0.334 e. The minimum atomic E-state index is 0.676. The third kappa shape index (κ3) is 2.40. The zero-order valence-corrected chi connectivity index (χ0v) is 9.79. The molecule has 2 rings (SSSR count). The van der Waals surface area contributed by atoms with Gasteiger partial charge in [-0.2, -0.15) is 0 Å². The minimum absolute atomic E-state index is 0.676. The third-order valence-electron chi connectivity index (χ3n) is 3.17. The van der Waals surface area contributed by atoms with E-state index in [9.17, 15) is 0 Å². The SMILES string of the molecule is CNCC(C)Cn1cnc2c1CCCC2. The van der Waals surface area contributed by atoms with Crippen molar-refractivity contribution in [3.8, 4) is 0 Å².